The number of ether oxygens (including phenoxy) is 1. The van der Waals surface area contributed by atoms with Gasteiger partial charge < -0.3 is 9.84 Å². The third-order valence-corrected chi connectivity index (χ3v) is 11.5. The molecule has 234 valence electrons. The average Bonchev–Trinajstić information content (AvgIpc) is 3.22. The van der Waals surface area contributed by atoms with Crippen LogP contribution in [-0.4, -0.2) is 22.6 Å². The van der Waals surface area contributed by atoms with E-state index in [9.17, 15) is 14.7 Å². The van der Waals surface area contributed by atoms with Gasteiger partial charge in [0.2, 0.25) is 5.79 Å². The van der Waals surface area contributed by atoms with Crippen LogP contribution in [0.25, 0.3) is 0 Å². The van der Waals surface area contributed by atoms with Gasteiger partial charge in [0.1, 0.15) is 0 Å². The Kier molecular flexibility index (Phi) is 11.5. The first-order valence-corrected chi connectivity index (χ1v) is 17.4. The molecule has 0 bridgehead atoms. The molecule has 6 atom stereocenters. The smallest absolute Gasteiger partial charge is 0.308 e. The maximum atomic E-state index is 12.9. The molecule has 0 spiro atoms. The lowest BCUT2D eigenvalue weighted by molar-refractivity contribution is -0.263. The Hall–Kier alpha value is -1.94. The van der Waals surface area contributed by atoms with E-state index in [0.29, 0.717) is 24.7 Å². The summed E-state index contributed by atoms with van der Waals surface area (Å²) in [5, 5.41) is 11.8. The van der Waals surface area contributed by atoms with Gasteiger partial charge in [0, 0.05) is 23.7 Å². The molecule has 0 aromatic rings. The molecular weight excluding hydrogens is 520 g/mol. The highest BCUT2D eigenvalue weighted by Crippen LogP contribution is 2.67. The second-order valence-corrected chi connectivity index (χ2v) is 14.3. The summed E-state index contributed by atoms with van der Waals surface area (Å²) in [4.78, 5) is 25.0. The lowest BCUT2D eigenvalue weighted by Gasteiger charge is -2.58. The lowest BCUT2D eigenvalue weighted by Crippen LogP contribution is -2.56. The molecule has 0 saturated heterocycles. The van der Waals surface area contributed by atoms with Gasteiger partial charge in [-0.05, 0) is 93.3 Å². The van der Waals surface area contributed by atoms with E-state index in [1.54, 1.807) is 12.2 Å². The molecule has 0 aromatic carbocycles. The topological polar surface area (TPSA) is 63.6 Å². The molecule has 0 heterocycles. The van der Waals surface area contributed by atoms with E-state index >= 15 is 0 Å². The molecule has 3 saturated carbocycles. The fraction of sp³-hybridized carbons (Fsp3) is 0.737. The number of carbonyl (C=O) groups excluding carboxylic acids is 2. The quantitative estimate of drug-likeness (QED) is 0.0857. The molecule has 1 N–H and O–H groups in total. The van der Waals surface area contributed by atoms with Crippen LogP contribution in [0.15, 0.2) is 48.1 Å². The molecule has 4 aliphatic carbocycles. The maximum absolute atomic E-state index is 12.9. The Bertz CT molecular complexity index is 1050. The van der Waals surface area contributed by atoms with Gasteiger partial charge in [0.15, 0.2) is 5.78 Å². The van der Waals surface area contributed by atoms with Gasteiger partial charge in [-0.1, -0.05) is 103 Å². The molecule has 4 aliphatic rings. The van der Waals surface area contributed by atoms with E-state index in [0.717, 1.165) is 62.5 Å². The predicted octanol–water partition coefficient (Wildman–Crippen LogP) is 9.73. The Balaban J connectivity index is 1.15. The van der Waals surface area contributed by atoms with Crippen LogP contribution in [0.2, 0.25) is 0 Å². The largest absolute Gasteiger partial charge is 0.433 e. The van der Waals surface area contributed by atoms with Crippen LogP contribution < -0.4 is 0 Å². The molecule has 4 rings (SSSR count). The number of allylic oxidation sites excluding steroid dienone is 7. The Morgan fingerprint density at radius 3 is 2.26 bits per heavy atom. The van der Waals surface area contributed by atoms with Crippen LogP contribution in [0.5, 0.6) is 0 Å². The second kappa shape index (κ2) is 14.7. The Labute approximate surface area is 256 Å². The minimum Gasteiger partial charge on any atom is -0.433 e. The van der Waals surface area contributed by atoms with Gasteiger partial charge in [-0.15, -0.1) is 0 Å². The van der Waals surface area contributed by atoms with Gasteiger partial charge >= 0.3 is 5.97 Å². The van der Waals surface area contributed by atoms with Crippen molar-refractivity contribution in [3.63, 3.8) is 0 Å². The van der Waals surface area contributed by atoms with Crippen molar-refractivity contribution in [1.29, 1.82) is 0 Å². The summed E-state index contributed by atoms with van der Waals surface area (Å²) in [6.45, 7) is 11.0. The lowest BCUT2D eigenvalue weighted by atomic mass is 9.47. The molecule has 4 nitrogen and oxygen atoms in total. The molecule has 42 heavy (non-hydrogen) atoms. The third-order valence-electron chi connectivity index (χ3n) is 11.5. The number of ketones is 1. The SMILES string of the molecule is C=C1C[C@@H]2[C@@H](CC[C@@]3(C)[C@H]2CCC3(O)OC(=O)CCCCCCC/C=C\CCCCCCCC)[C@@]2(C)C=CC(=O)C=C12. The summed E-state index contributed by atoms with van der Waals surface area (Å²) in [7, 11) is 0. The van der Waals surface area contributed by atoms with Crippen molar-refractivity contribution < 1.29 is 19.4 Å². The van der Waals surface area contributed by atoms with Gasteiger partial charge in [0.05, 0.1) is 0 Å². The molecule has 0 amide bonds. The summed E-state index contributed by atoms with van der Waals surface area (Å²) >= 11 is 0. The first-order chi connectivity index (χ1) is 20.1. The zero-order valence-electron chi connectivity index (χ0n) is 26.9. The van der Waals surface area contributed by atoms with Gasteiger partial charge in [-0.2, -0.15) is 0 Å². The predicted molar refractivity (Wildman–Crippen MR) is 172 cm³/mol. The third kappa shape index (κ3) is 7.22. The summed E-state index contributed by atoms with van der Waals surface area (Å²) in [6.07, 6.45) is 30.6. The van der Waals surface area contributed by atoms with Crippen molar-refractivity contribution in [2.24, 2.45) is 28.6 Å². The number of hydrogen-bond acceptors (Lipinski definition) is 4. The minimum absolute atomic E-state index is 0.0520. The Morgan fingerprint density at radius 1 is 0.952 bits per heavy atom. The normalized spacial score (nSPS) is 33.8. The van der Waals surface area contributed by atoms with Crippen molar-refractivity contribution >= 4 is 11.8 Å². The maximum Gasteiger partial charge on any atom is 0.308 e. The number of aliphatic hydroxyl groups is 1. The molecule has 0 aliphatic heterocycles. The fourth-order valence-electron chi connectivity index (χ4n) is 8.93. The highest BCUT2D eigenvalue weighted by atomic mass is 16.7. The van der Waals surface area contributed by atoms with Crippen molar-refractivity contribution in [3.05, 3.63) is 48.1 Å². The van der Waals surface area contributed by atoms with Crippen LogP contribution in [0.1, 0.15) is 143 Å². The molecule has 0 radical (unpaired) electrons. The van der Waals surface area contributed by atoms with Crippen LogP contribution in [0, 0.1) is 28.6 Å². The molecule has 4 heteroatoms. The number of unbranched alkanes of at least 4 members (excludes halogenated alkanes) is 11. The minimum atomic E-state index is -1.39. The van der Waals surface area contributed by atoms with Crippen LogP contribution in [0.4, 0.5) is 0 Å². The van der Waals surface area contributed by atoms with Crippen molar-refractivity contribution in [3.8, 4) is 0 Å². The van der Waals surface area contributed by atoms with Crippen molar-refractivity contribution in [1.82, 2.24) is 0 Å². The van der Waals surface area contributed by atoms with Gasteiger partial charge in [-0.3, -0.25) is 9.59 Å². The zero-order chi connectivity index (χ0) is 30.2. The monoisotopic (exact) mass is 578 g/mol. The molecule has 3 fully saturated rings. The molecule has 1 unspecified atom stereocenters. The standard InChI is InChI=1S/C38H58O4/c1-5-6-7-8-9-10-11-12-13-14-15-16-17-18-19-20-35(40)42-38(41)26-23-33-31-27-29(2)34-28-30(39)21-24-36(34,3)32(31)22-25-37(33,38)4/h12-13,21,24,28,31-33,41H,2,5-11,14-20,22-23,25-27H2,1,3-4H3/b13-12-/t31-,32-,33+,36-,37+,38?/m1/s1. The summed E-state index contributed by atoms with van der Waals surface area (Å²) in [6, 6.07) is 0. The number of hydrogen-bond donors (Lipinski definition) is 1. The fourth-order valence-corrected chi connectivity index (χ4v) is 8.93. The van der Waals surface area contributed by atoms with Gasteiger partial charge in [0.25, 0.3) is 0 Å². The second-order valence-electron chi connectivity index (χ2n) is 14.3. The van der Waals surface area contributed by atoms with E-state index < -0.39 is 11.2 Å². The van der Waals surface area contributed by atoms with Gasteiger partial charge in [-0.25, -0.2) is 0 Å². The summed E-state index contributed by atoms with van der Waals surface area (Å²) < 4.78 is 5.96. The highest BCUT2D eigenvalue weighted by Gasteiger charge is 2.66. The number of rotatable bonds is 16. The summed E-state index contributed by atoms with van der Waals surface area (Å²) in [5.41, 5.74) is 1.52. The van der Waals surface area contributed by atoms with Crippen LogP contribution >= 0.6 is 0 Å². The Morgan fingerprint density at radius 2 is 1.57 bits per heavy atom. The number of esters is 1. The number of carbonyl (C=O) groups is 2. The zero-order valence-corrected chi connectivity index (χ0v) is 26.9. The van der Waals surface area contributed by atoms with E-state index in [2.05, 4.69) is 45.6 Å². The molecular formula is C38H58O4. The van der Waals surface area contributed by atoms with Crippen molar-refractivity contribution in [2.45, 2.75) is 149 Å². The molecule has 0 aromatic heterocycles. The van der Waals surface area contributed by atoms with E-state index in [1.165, 1.54) is 57.8 Å². The van der Waals surface area contributed by atoms with Crippen LogP contribution in [-0.2, 0) is 14.3 Å². The van der Waals surface area contributed by atoms with E-state index in [-0.39, 0.29) is 23.1 Å². The first-order valence-electron chi connectivity index (χ1n) is 17.4. The summed E-state index contributed by atoms with van der Waals surface area (Å²) in [5.74, 6) is -0.540. The first kappa shape index (κ1) is 33.0. The highest BCUT2D eigenvalue weighted by molar-refractivity contribution is 6.01. The van der Waals surface area contributed by atoms with Crippen molar-refractivity contribution in [2.75, 3.05) is 0 Å². The number of fused-ring (bicyclic) bond motifs is 5. The van der Waals surface area contributed by atoms with Crippen LogP contribution in [0.3, 0.4) is 0 Å². The average molecular weight is 579 g/mol. The van der Waals surface area contributed by atoms with E-state index in [1.807, 2.05) is 0 Å². The van der Waals surface area contributed by atoms with E-state index in [4.69, 9.17) is 4.74 Å².